The van der Waals surface area contributed by atoms with Gasteiger partial charge < -0.3 is 19.7 Å². The highest BCUT2D eigenvalue weighted by atomic mass is 16.1. The Hall–Kier alpha value is -2.48. The average molecular weight is 436 g/mol. The summed E-state index contributed by atoms with van der Waals surface area (Å²) in [5.74, 6) is 4.26. The Labute approximate surface area is 189 Å². The lowest BCUT2D eigenvalue weighted by atomic mass is 9.95. The molecule has 5 heterocycles. The molecule has 170 valence electrons. The first-order chi connectivity index (χ1) is 15.7. The molecule has 32 heavy (non-hydrogen) atoms. The fraction of sp³-hybridized carbons (Fsp3) is 0.667. The lowest BCUT2D eigenvalue weighted by Crippen LogP contribution is -2.36. The minimum absolute atomic E-state index is 0.0492. The van der Waals surface area contributed by atoms with Gasteiger partial charge in [-0.05, 0) is 58.0 Å². The van der Waals surface area contributed by atoms with E-state index in [0.29, 0.717) is 24.1 Å². The molecule has 2 saturated heterocycles. The van der Waals surface area contributed by atoms with Crippen LogP contribution in [0.15, 0.2) is 12.5 Å². The summed E-state index contributed by atoms with van der Waals surface area (Å²) in [7, 11) is 0. The zero-order valence-corrected chi connectivity index (χ0v) is 18.8. The number of carbonyl (C=O) groups is 1. The van der Waals surface area contributed by atoms with Gasteiger partial charge in [-0.25, -0.2) is 15.0 Å². The molecule has 2 aromatic rings. The molecule has 0 bridgehead atoms. The highest BCUT2D eigenvalue weighted by Crippen LogP contribution is 2.41. The first-order valence-electron chi connectivity index (χ1n) is 12.4. The molecule has 8 nitrogen and oxygen atoms in total. The van der Waals surface area contributed by atoms with Gasteiger partial charge >= 0.3 is 0 Å². The van der Waals surface area contributed by atoms with Gasteiger partial charge in [-0.3, -0.25) is 4.79 Å². The summed E-state index contributed by atoms with van der Waals surface area (Å²) in [5.41, 5.74) is 2.41. The third-order valence-electron chi connectivity index (χ3n) is 7.62. The number of fused-ring (bicyclic) bond motifs is 1. The summed E-state index contributed by atoms with van der Waals surface area (Å²) in [6.45, 7) is 6.66. The molecule has 0 radical (unpaired) electrons. The maximum Gasteiger partial charge on any atom is 0.225 e. The van der Waals surface area contributed by atoms with Crippen LogP contribution in [0.4, 0.5) is 11.6 Å². The Bertz CT molecular complexity index is 984. The number of imidazole rings is 1. The van der Waals surface area contributed by atoms with Crippen molar-refractivity contribution in [1.29, 1.82) is 0 Å². The van der Waals surface area contributed by atoms with Gasteiger partial charge in [-0.15, -0.1) is 0 Å². The highest BCUT2D eigenvalue weighted by molar-refractivity contribution is 5.93. The monoisotopic (exact) mass is 435 g/mol. The smallest absolute Gasteiger partial charge is 0.225 e. The number of likely N-dealkylation sites (tertiary alicyclic amines) is 1. The molecule has 1 saturated carbocycles. The van der Waals surface area contributed by atoms with Crippen molar-refractivity contribution < 1.29 is 4.79 Å². The van der Waals surface area contributed by atoms with Crippen molar-refractivity contribution in [3.63, 3.8) is 0 Å². The standard InChI is InChI=1S/C24H33N7O/c32-21-6-5-19-22(28-21)25-16-26-24(19)30-11-7-18(8-12-30)23-27-20(17-3-4-17)15-31(23)14-13-29-9-1-2-10-29/h15-18H,1-14H2,(H,25,26,28,32). The first-order valence-corrected chi connectivity index (χ1v) is 12.4. The fourth-order valence-corrected chi connectivity index (χ4v) is 5.58. The fourth-order valence-electron chi connectivity index (χ4n) is 5.58. The third kappa shape index (κ3) is 4.00. The molecule has 0 aromatic carbocycles. The molecule has 2 aromatic heterocycles. The molecule has 4 aliphatic rings. The van der Waals surface area contributed by atoms with Crippen LogP contribution in [0, 0.1) is 0 Å². The van der Waals surface area contributed by atoms with Gasteiger partial charge in [0.05, 0.1) is 5.69 Å². The van der Waals surface area contributed by atoms with Crippen LogP contribution in [-0.2, 0) is 17.8 Å². The highest BCUT2D eigenvalue weighted by Gasteiger charge is 2.32. The molecule has 0 unspecified atom stereocenters. The van der Waals surface area contributed by atoms with E-state index in [0.717, 1.165) is 56.8 Å². The van der Waals surface area contributed by atoms with Crippen molar-refractivity contribution in [1.82, 2.24) is 24.4 Å². The van der Waals surface area contributed by atoms with Gasteiger partial charge in [0.25, 0.3) is 0 Å². The number of rotatable bonds is 6. The summed E-state index contributed by atoms with van der Waals surface area (Å²) in [6.07, 6.45) is 12.7. The number of aromatic nitrogens is 4. The second-order valence-electron chi connectivity index (χ2n) is 9.87. The van der Waals surface area contributed by atoms with Crippen LogP contribution in [0.2, 0.25) is 0 Å². The lowest BCUT2D eigenvalue weighted by molar-refractivity contribution is -0.116. The Morgan fingerprint density at radius 1 is 0.938 bits per heavy atom. The van der Waals surface area contributed by atoms with E-state index in [2.05, 4.69) is 35.8 Å². The Morgan fingerprint density at radius 2 is 1.75 bits per heavy atom. The zero-order chi connectivity index (χ0) is 21.5. The van der Waals surface area contributed by atoms with Crippen LogP contribution in [0.5, 0.6) is 0 Å². The molecular formula is C24H33N7O. The van der Waals surface area contributed by atoms with Crippen molar-refractivity contribution in [2.24, 2.45) is 0 Å². The Kier molecular flexibility index (Phi) is 5.33. The predicted octanol–water partition coefficient (Wildman–Crippen LogP) is 2.92. The number of hydrogen-bond acceptors (Lipinski definition) is 6. The third-order valence-corrected chi connectivity index (χ3v) is 7.62. The van der Waals surface area contributed by atoms with Crippen molar-refractivity contribution in [2.75, 3.05) is 42.9 Å². The predicted molar refractivity (Wildman–Crippen MR) is 123 cm³/mol. The van der Waals surface area contributed by atoms with Crippen LogP contribution >= 0.6 is 0 Å². The van der Waals surface area contributed by atoms with Crippen LogP contribution in [0.3, 0.4) is 0 Å². The molecule has 8 heteroatoms. The van der Waals surface area contributed by atoms with Gasteiger partial charge in [0.1, 0.15) is 23.8 Å². The minimum atomic E-state index is 0.0492. The summed E-state index contributed by atoms with van der Waals surface area (Å²) < 4.78 is 2.48. The van der Waals surface area contributed by atoms with E-state index >= 15 is 0 Å². The molecule has 0 spiro atoms. The number of nitrogens with one attached hydrogen (secondary N) is 1. The van der Waals surface area contributed by atoms with Gasteiger partial charge in [0.2, 0.25) is 5.91 Å². The normalized spacial score (nSPS) is 22.2. The number of hydrogen-bond donors (Lipinski definition) is 1. The quantitative estimate of drug-likeness (QED) is 0.752. The number of nitrogens with zero attached hydrogens (tertiary/aromatic N) is 6. The first kappa shape index (κ1) is 20.1. The van der Waals surface area contributed by atoms with Crippen LogP contribution in [-0.4, -0.2) is 63.0 Å². The number of piperidine rings is 1. The maximum atomic E-state index is 11.7. The lowest BCUT2D eigenvalue weighted by Gasteiger charge is -2.34. The molecule has 6 rings (SSSR count). The van der Waals surface area contributed by atoms with Gasteiger partial charge in [0.15, 0.2) is 0 Å². The van der Waals surface area contributed by atoms with E-state index in [1.165, 1.54) is 50.3 Å². The van der Waals surface area contributed by atoms with Crippen molar-refractivity contribution >= 4 is 17.5 Å². The van der Waals surface area contributed by atoms with Crippen molar-refractivity contribution in [2.45, 2.75) is 69.7 Å². The van der Waals surface area contributed by atoms with E-state index in [9.17, 15) is 4.79 Å². The van der Waals surface area contributed by atoms with Gasteiger partial charge in [-0.2, -0.15) is 0 Å². The SMILES string of the molecule is O=C1CCc2c(ncnc2N2CCC(c3nc(C4CC4)cn3CCN3CCCC3)CC2)N1. The van der Waals surface area contributed by atoms with E-state index in [4.69, 9.17) is 4.98 Å². The van der Waals surface area contributed by atoms with Crippen LogP contribution < -0.4 is 10.2 Å². The van der Waals surface area contributed by atoms with E-state index < -0.39 is 0 Å². The average Bonchev–Trinajstić information content (AvgIpc) is 3.37. The molecular weight excluding hydrogens is 402 g/mol. The number of carbonyl (C=O) groups excluding carboxylic acids is 1. The summed E-state index contributed by atoms with van der Waals surface area (Å²) >= 11 is 0. The second kappa shape index (κ2) is 8.46. The van der Waals surface area contributed by atoms with Crippen LogP contribution in [0.25, 0.3) is 0 Å². The minimum Gasteiger partial charge on any atom is -0.356 e. The van der Waals surface area contributed by atoms with Gasteiger partial charge in [-0.1, -0.05) is 0 Å². The number of anilines is 2. The zero-order valence-electron chi connectivity index (χ0n) is 18.8. The van der Waals surface area contributed by atoms with Crippen molar-refractivity contribution in [3.8, 4) is 0 Å². The molecule has 1 amide bonds. The molecule has 3 fully saturated rings. The maximum absolute atomic E-state index is 11.7. The van der Waals surface area contributed by atoms with Crippen molar-refractivity contribution in [3.05, 3.63) is 29.6 Å². The molecule has 0 atom stereocenters. The topological polar surface area (TPSA) is 79.2 Å². The summed E-state index contributed by atoms with van der Waals surface area (Å²) in [5, 5.41) is 2.90. The molecule has 3 aliphatic heterocycles. The summed E-state index contributed by atoms with van der Waals surface area (Å²) in [6, 6.07) is 0. The molecule has 1 aliphatic carbocycles. The number of amides is 1. The van der Waals surface area contributed by atoms with Crippen LogP contribution in [0.1, 0.15) is 73.9 Å². The Morgan fingerprint density at radius 3 is 2.53 bits per heavy atom. The van der Waals surface area contributed by atoms with E-state index in [-0.39, 0.29) is 5.91 Å². The largest absolute Gasteiger partial charge is 0.356 e. The molecule has 1 N–H and O–H groups in total. The Balaban J connectivity index is 1.16. The second-order valence-corrected chi connectivity index (χ2v) is 9.87. The van der Waals surface area contributed by atoms with Gasteiger partial charge in [0, 0.05) is 56.2 Å². The summed E-state index contributed by atoms with van der Waals surface area (Å²) in [4.78, 5) is 30.8. The van der Waals surface area contributed by atoms with E-state index in [1.54, 1.807) is 6.33 Å². The van der Waals surface area contributed by atoms with E-state index in [1.807, 2.05) is 0 Å².